The van der Waals surface area contributed by atoms with Gasteiger partial charge in [-0.3, -0.25) is 0 Å². The molecule has 1 fully saturated rings. The molecule has 1 aromatic carbocycles. The van der Waals surface area contributed by atoms with Crippen LogP contribution < -0.4 is 10.5 Å². The molecule has 2 atom stereocenters. The topological polar surface area (TPSA) is 50.8 Å². The van der Waals surface area contributed by atoms with Crippen molar-refractivity contribution in [1.29, 1.82) is 0 Å². The SMILES string of the molecule is CC1CCN(C(N)=NC2c3ccccc3OC2C)CC1. The van der Waals surface area contributed by atoms with Crippen molar-refractivity contribution in [3.63, 3.8) is 0 Å². The second-order valence-electron chi connectivity index (χ2n) is 5.96. The molecule has 3 rings (SSSR count). The monoisotopic (exact) mass is 273 g/mol. The van der Waals surface area contributed by atoms with Crippen molar-refractivity contribution in [2.45, 2.75) is 38.8 Å². The van der Waals surface area contributed by atoms with Crippen molar-refractivity contribution in [2.24, 2.45) is 16.6 Å². The molecule has 0 aliphatic carbocycles. The number of guanidine groups is 1. The standard InChI is InChI=1S/C16H23N3O/c1-11-7-9-19(10-8-11)16(17)18-15-12(2)20-14-6-4-3-5-13(14)15/h3-6,11-12,15H,7-10H2,1-2H3,(H2,17,18). The second-order valence-corrected chi connectivity index (χ2v) is 5.96. The van der Waals surface area contributed by atoms with Crippen molar-refractivity contribution < 1.29 is 4.74 Å². The number of aliphatic imine (C=N–C) groups is 1. The van der Waals surface area contributed by atoms with Crippen LogP contribution in [0.25, 0.3) is 0 Å². The minimum atomic E-state index is 0.0190. The number of nitrogens with two attached hydrogens (primary N) is 1. The van der Waals surface area contributed by atoms with Gasteiger partial charge >= 0.3 is 0 Å². The van der Waals surface area contributed by atoms with Crippen LogP contribution >= 0.6 is 0 Å². The van der Waals surface area contributed by atoms with Gasteiger partial charge in [-0.05, 0) is 31.7 Å². The molecule has 2 unspecified atom stereocenters. The van der Waals surface area contributed by atoms with E-state index in [0.29, 0.717) is 5.96 Å². The molecule has 2 N–H and O–H groups in total. The van der Waals surface area contributed by atoms with Gasteiger partial charge in [-0.25, -0.2) is 4.99 Å². The average Bonchev–Trinajstić information content (AvgIpc) is 2.76. The maximum Gasteiger partial charge on any atom is 0.192 e. The molecule has 4 nitrogen and oxygen atoms in total. The summed E-state index contributed by atoms with van der Waals surface area (Å²) in [5.74, 6) is 2.40. The van der Waals surface area contributed by atoms with Crippen LogP contribution in [0.3, 0.4) is 0 Å². The van der Waals surface area contributed by atoms with E-state index in [0.717, 1.165) is 30.3 Å². The fraction of sp³-hybridized carbons (Fsp3) is 0.562. The van der Waals surface area contributed by atoms with Crippen LogP contribution in [-0.4, -0.2) is 30.1 Å². The Hall–Kier alpha value is -1.71. The van der Waals surface area contributed by atoms with E-state index in [-0.39, 0.29) is 12.1 Å². The number of ether oxygens (including phenoxy) is 1. The summed E-state index contributed by atoms with van der Waals surface area (Å²) in [6.07, 6.45) is 2.45. The molecule has 0 aromatic heterocycles. The molecule has 108 valence electrons. The number of para-hydroxylation sites is 1. The van der Waals surface area contributed by atoms with E-state index in [1.54, 1.807) is 0 Å². The minimum Gasteiger partial charge on any atom is -0.488 e. The molecule has 0 radical (unpaired) electrons. The maximum atomic E-state index is 6.21. The highest BCUT2D eigenvalue weighted by Crippen LogP contribution is 2.38. The van der Waals surface area contributed by atoms with E-state index in [4.69, 9.17) is 15.5 Å². The van der Waals surface area contributed by atoms with Crippen LogP contribution in [0.15, 0.2) is 29.3 Å². The number of likely N-dealkylation sites (tertiary alicyclic amines) is 1. The summed E-state index contributed by atoms with van der Waals surface area (Å²) < 4.78 is 5.84. The van der Waals surface area contributed by atoms with Crippen molar-refractivity contribution in [1.82, 2.24) is 4.90 Å². The number of rotatable bonds is 1. The Bertz CT molecular complexity index is 506. The summed E-state index contributed by atoms with van der Waals surface area (Å²) in [5, 5.41) is 0. The first-order valence-corrected chi connectivity index (χ1v) is 7.49. The van der Waals surface area contributed by atoms with Gasteiger partial charge in [0.05, 0.1) is 0 Å². The molecule has 0 saturated carbocycles. The van der Waals surface area contributed by atoms with Crippen LogP contribution in [0, 0.1) is 5.92 Å². The smallest absolute Gasteiger partial charge is 0.192 e. The summed E-state index contributed by atoms with van der Waals surface area (Å²) in [4.78, 5) is 6.94. The highest BCUT2D eigenvalue weighted by molar-refractivity contribution is 5.78. The van der Waals surface area contributed by atoms with E-state index < -0.39 is 0 Å². The number of fused-ring (bicyclic) bond motifs is 1. The van der Waals surface area contributed by atoms with Gasteiger partial charge in [0, 0.05) is 18.7 Å². The van der Waals surface area contributed by atoms with Gasteiger partial charge < -0.3 is 15.4 Å². The Morgan fingerprint density at radius 2 is 1.95 bits per heavy atom. The molecule has 0 bridgehead atoms. The first kappa shape index (κ1) is 13.3. The highest BCUT2D eigenvalue weighted by atomic mass is 16.5. The van der Waals surface area contributed by atoms with Gasteiger partial charge in [0.25, 0.3) is 0 Å². The number of nitrogens with zero attached hydrogens (tertiary/aromatic N) is 2. The summed E-state index contributed by atoms with van der Waals surface area (Å²) in [6, 6.07) is 8.12. The Labute approximate surface area is 120 Å². The van der Waals surface area contributed by atoms with Gasteiger partial charge in [0.1, 0.15) is 17.9 Å². The van der Waals surface area contributed by atoms with Gasteiger partial charge in [0.15, 0.2) is 5.96 Å². The third kappa shape index (κ3) is 2.47. The summed E-state index contributed by atoms with van der Waals surface area (Å²) in [7, 11) is 0. The fourth-order valence-electron chi connectivity index (χ4n) is 2.99. The Balaban J connectivity index is 1.78. The van der Waals surface area contributed by atoms with Crippen molar-refractivity contribution in [3.05, 3.63) is 29.8 Å². The Morgan fingerprint density at radius 1 is 1.25 bits per heavy atom. The molecule has 20 heavy (non-hydrogen) atoms. The lowest BCUT2D eigenvalue weighted by Gasteiger charge is -2.31. The lowest BCUT2D eigenvalue weighted by atomic mass is 9.99. The lowest BCUT2D eigenvalue weighted by molar-refractivity contribution is 0.226. The molecular formula is C16H23N3O. The summed E-state index contributed by atoms with van der Waals surface area (Å²) >= 11 is 0. The number of hydrogen-bond donors (Lipinski definition) is 1. The second kappa shape index (κ2) is 5.35. The number of benzene rings is 1. The van der Waals surface area contributed by atoms with E-state index >= 15 is 0 Å². The van der Waals surface area contributed by atoms with Gasteiger partial charge in [0.2, 0.25) is 0 Å². The molecule has 4 heteroatoms. The first-order chi connectivity index (χ1) is 9.65. The van der Waals surface area contributed by atoms with E-state index in [9.17, 15) is 0 Å². The predicted molar refractivity (Wildman–Crippen MR) is 80.9 cm³/mol. The third-order valence-electron chi connectivity index (χ3n) is 4.37. The normalized spacial score (nSPS) is 27.3. The molecule has 1 saturated heterocycles. The van der Waals surface area contributed by atoms with E-state index in [1.165, 1.54) is 12.8 Å². The molecule has 1 aromatic rings. The highest BCUT2D eigenvalue weighted by Gasteiger charge is 2.31. The first-order valence-electron chi connectivity index (χ1n) is 7.49. The summed E-state index contributed by atoms with van der Waals surface area (Å²) in [6.45, 7) is 6.38. The number of hydrogen-bond acceptors (Lipinski definition) is 2. The zero-order valence-corrected chi connectivity index (χ0v) is 12.2. The Morgan fingerprint density at radius 3 is 2.70 bits per heavy atom. The van der Waals surface area contributed by atoms with Crippen LogP contribution in [0.2, 0.25) is 0 Å². The van der Waals surface area contributed by atoms with Gasteiger partial charge in [-0.2, -0.15) is 0 Å². The third-order valence-corrected chi connectivity index (χ3v) is 4.37. The summed E-state index contributed by atoms with van der Waals surface area (Å²) in [5.41, 5.74) is 7.36. The molecule has 0 spiro atoms. The molecule has 2 aliphatic rings. The van der Waals surface area contributed by atoms with Crippen LogP contribution in [0.1, 0.15) is 38.3 Å². The van der Waals surface area contributed by atoms with Crippen LogP contribution in [0.4, 0.5) is 0 Å². The van der Waals surface area contributed by atoms with Crippen LogP contribution in [-0.2, 0) is 0 Å². The predicted octanol–water partition coefficient (Wildman–Crippen LogP) is 2.56. The van der Waals surface area contributed by atoms with Gasteiger partial charge in [-0.1, -0.05) is 25.1 Å². The Kier molecular flexibility index (Phi) is 3.55. The van der Waals surface area contributed by atoms with Crippen molar-refractivity contribution in [2.75, 3.05) is 13.1 Å². The number of piperidine rings is 1. The van der Waals surface area contributed by atoms with E-state index in [2.05, 4.69) is 24.8 Å². The molecule has 0 amide bonds. The maximum absolute atomic E-state index is 6.21. The fourth-order valence-corrected chi connectivity index (χ4v) is 2.99. The zero-order valence-electron chi connectivity index (χ0n) is 12.2. The average molecular weight is 273 g/mol. The van der Waals surface area contributed by atoms with Crippen molar-refractivity contribution in [3.8, 4) is 5.75 Å². The van der Waals surface area contributed by atoms with Crippen molar-refractivity contribution >= 4 is 5.96 Å². The molecular weight excluding hydrogens is 250 g/mol. The van der Waals surface area contributed by atoms with Crippen LogP contribution in [0.5, 0.6) is 5.75 Å². The van der Waals surface area contributed by atoms with E-state index in [1.807, 2.05) is 18.2 Å². The lowest BCUT2D eigenvalue weighted by Crippen LogP contribution is -2.43. The molecule has 2 aliphatic heterocycles. The quantitative estimate of drug-likeness (QED) is 0.632. The minimum absolute atomic E-state index is 0.0190. The van der Waals surface area contributed by atoms with Gasteiger partial charge in [-0.15, -0.1) is 0 Å². The largest absolute Gasteiger partial charge is 0.488 e. The molecule has 2 heterocycles. The zero-order chi connectivity index (χ0) is 14.1.